The first kappa shape index (κ1) is 13.5. The summed E-state index contributed by atoms with van der Waals surface area (Å²) >= 11 is 0. The molecule has 0 radical (unpaired) electrons. The van der Waals surface area contributed by atoms with Crippen LogP contribution in [0.4, 0.5) is 4.39 Å². The molecule has 2 rings (SSSR count). The van der Waals surface area contributed by atoms with Gasteiger partial charge in [0.05, 0.1) is 5.69 Å². The lowest BCUT2D eigenvalue weighted by Gasteiger charge is -2.16. The Morgan fingerprint density at radius 1 is 1.26 bits per heavy atom. The Morgan fingerprint density at radius 3 is 2.63 bits per heavy atom. The second-order valence-corrected chi connectivity index (χ2v) is 4.62. The lowest BCUT2D eigenvalue weighted by molar-refractivity contribution is 0.462. The average Bonchev–Trinajstić information content (AvgIpc) is 2.36. The highest BCUT2D eigenvalue weighted by molar-refractivity contribution is 5.43. The molecule has 0 spiro atoms. The van der Waals surface area contributed by atoms with Crippen molar-refractivity contribution in [2.24, 2.45) is 5.73 Å². The summed E-state index contributed by atoms with van der Waals surface area (Å²) in [5.41, 5.74) is 7.81. The Morgan fingerprint density at radius 2 is 2.00 bits per heavy atom. The van der Waals surface area contributed by atoms with Crippen LogP contribution in [0.15, 0.2) is 30.5 Å². The Labute approximate surface area is 112 Å². The highest BCUT2D eigenvalue weighted by Gasteiger charge is 2.13. The van der Waals surface area contributed by atoms with E-state index in [-0.39, 0.29) is 11.9 Å². The molecular formula is C15H17FN2O. The molecule has 0 aliphatic heterocycles. The molecule has 1 aromatic heterocycles. The van der Waals surface area contributed by atoms with Crippen molar-refractivity contribution in [2.75, 3.05) is 0 Å². The van der Waals surface area contributed by atoms with Crippen LogP contribution in [-0.4, -0.2) is 4.98 Å². The highest BCUT2D eigenvalue weighted by atomic mass is 19.1. The maximum Gasteiger partial charge on any atom is 0.148 e. The van der Waals surface area contributed by atoms with Gasteiger partial charge in [-0.3, -0.25) is 4.98 Å². The fourth-order valence-corrected chi connectivity index (χ4v) is 1.81. The van der Waals surface area contributed by atoms with Crippen LogP contribution in [0.3, 0.4) is 0 Å². The molecule has 2 aromatic rings. The zero-order chi connectivity index (χ0) is 14.0. The van der Waals surface area contributed by atoms with Crippen LogP contribution in [0, 0.1) is 19.7 Å². The van der Waals surface area contributed by atoms with Crippen molar-refractivity contribution in [3.63, 3.8) is 0 Å². The number of hydrogen-bond acceptors (Lipinski definition) is 3. The third kappa shape index (κ3) is 2.90. The molecule has 0 saturated heterocycles. The van der Waals surface area contributed by atoms with Gasteiger partial charge in [0.25, 0.3) is 0 Å². The minimum absolute atomic E-state index is 0.275. The molecule has 0 unspecified atom stereocenters. The largest absolute Gasteiger partial charge is 0.455 e. The first-order chi connectivity index (χ1) is 8.99. The van der Waals surface area contributed by atoms with Crippen molar-refractivity contribution in [3.8, 4) is 11.5 Å². The quantitative estimate of drug-likeness (QED) is 0.916. The summed E-state index contributed by atoms with van der Waals surface area (Å²) in [7, 11) is 0. The van der Waals surface area contributed by atoms with Gasteiger partial charge in [0.2, 0.25) is 0 Å². The van der Waals surface area contributed by atoms with Crippen molar-refractivity contribution in [1.82, 2.24) is 4.98 Å². The molecule has 0 aliphatic rings. The summed E-state index contributed by atoms with van der Waals surface area (Å²) in [5.74, 6) is 0.947. The van der Waals surface area contributed by atoms with Gasteiger partial charge < -0.3 is 10.5 Å². The van der Waals surface area contributed by atoms with E-state index in [2.05, 4.69) is 4.98 Å². The molecule has 3 nitrogen and oxygen atoms in total. The van der Waals surface area contributed by atoms with Crippen LogP contribution in [0.2, 0.25) is 0 Å². The standard InChI is InChI=1S/C15H17FN2O/c1-9-7-15(12(10(2)17)8-13(9)16)19-14-5-4-6-18-11(14)3/h4-8,10H,17H2,1-3H3/t10-/m0/s1. The third-order valence-electron chi connectivity index (χ3n) is 2.96. The first-order valence-electron chi connectivity index (χ1n) is 6.14. The van der Waals surface area contributed by atoms with E-state index in [1.807, 2.05) is 13.0 Å². The van der Waals surface area contributed by atoms with Gasteiger partial charge in [0.1, 0.15) is 17.3 Å². The molecule has 0 saturated carbocycles. The summed E-state index contributed by atoms with van der Waals surface area (Å²) in [5, 5.41) is 0. The van der Waals surface area contributed by atoms with Crippen LogP contribution in [0.25, 0.3) is 0 Å². The molecule has 1 aromatic carbocycles. The molecule has 2 N–H and O–H groups in total. The van der Waals surface area contributed by atoms with Crippen molar-refractivity contribution >= 4 is 0 Å². The van der Waals surface area contributed by atoms with Gasteiger partial charge in [-0.15, -0.1) is 0 Å². The molecule has 19 heavy (non-hydrogen) atoms. The number of benzene rings is 1. The van der Waals surface area contributed by atoms with Crippen LogP contribution in [0.5, 0.6) is 11.5 Å². The van der Waals surface area contributed by atoms with Crippen molar-refractivity contribution in [1.29, 1.82) is 0 Å². The number of aryl methyl sites for hydroxylation is 2. The van der Waals surface area contributed by atoms with Gasteiger partial charge in [-0.2, -0.15) is 0 Å². The van der Waals surface area contributed by atoms with E-state index in [4.69, 9.17) is 10.5 Å². The Balaban J connectivity index is 2.45. The molecule has 0 bridgehead atoms. The number of hydrogen-bond donors (Lipinski definition) is 1. The van der Waals surface area contributed by atoms with E-state index in [9.17, 15) is 4.39 Å². The first-order valence-corrected chi connectivity index (χ1v) is 6.14. The third-order valence-corrected chi connectivity index (χ3v) is 2.96. The van der Waals surface area contributed by atoms with Gasteiger partial charge in [-0.25, -0.2) is 4.39 Å². The maximum atomic E-state index is 13.6. The Hall–Kier alpha value is -1.94. The number of halogens is 1. The van der Waals surface area contributed by atoms with E-state index in [1.165, 1.54) is 6.07 Å². The second-order valence-electron chi connectivity index (χ2n) is 4.62. The van der Waals surface area contributed by atoms with E-state index in [1.54, 1.807) is 32.2 Å². The number of aromatic nitrogens is 1. The van der Waals surface area contributed by atoms with Crippen LogP contribution in [-0.2, 0) is 0 Å². The zero-order valence-electron chi connectivity index (χ0n) is 11.3. The number of rotatable bonds is 3. The monoisotopic (exact) mass is 260 g/mol. The number of nitrogens with zero attached hydrogens (tertiary/aromatic N) is 1. The predicted molar refractivity (Wildman–Crippen MR) is 72.8 cm³/mol. The molecule has 0 aliphatic carbocycles. The van der Waals surface area contributed by atoms with Crippen LogP contribution < -0.4 is 10.5 Å². The van der Waals surface area contributed by atoms with Gasteiger partial charge in [0.15, 0.2) is 0 Å². The Kier molecular flexibility index (Phi) is 3.81. The van der Waals surface area contributed by atoms with E-state index in [0.717, 1.165) is 5.69 Å². The van der Waals surface area contributed by atoms with Gasteiger partial charge in [0, 0.05) is 17.8 Å². The average molecular weight is 260 g/mol. The number of ether oxygens (including phenoxy) is 1. The number of pyridine rings is 1. The minimum Gasteiger partial charge on any atom is -0.455 e. The SMILES string of the molecule is Cc1cc(Oc2cccnc2C)c([C@H](C)N)cc1F. The topological polar surface area (TPSA) is 48.1 Å². The van der Waals surface area contributed by atoms with Crippen molar-refractivity contribution in [3.05, 3.63) is 53.1 Å². The second kappa shape index (κ2) is 5.36. The molecular weight excluding hydrogens is 243 g/mol. The van der Waals surface area contributed by atoms with Gasteiger partial charge in [-0.1, -0.05) is 0 Å². The number of nitrogens with two attached hydrogens (primary N) is 1. The molecule has 0 fully saturated rings. The van der Waals surface area contributed by atoms with Gasteiger partial charge in [-0.05, 0) is 50.6 Å². The van der Waals surface area contributed by atoms with E-state index < -0.39 is 0 Å². The summed E-state index contributed by atoms with van der Waals surface area (Å²) in [6.45, 7) is 5.35. The fraction of sp³-hybridized carbons (Fsp3) is 0.267. The van der Waals surface area contributed by atoms with E-state index >= 15 is 0 Å². The Bertz CT molecular complexity index is 597. The zero-order valence-corrected chi connectivity index (χ0v) is 11.3. The minimum atomic E-state index is -0.304. The molecule has 100 valence electrons. The predicted octanol–water partition coefficient (Wildman–Crippen LogP) is 3.65. The van der Waals surface area contributed by atoms with E-state index in [0.29, 0.717) is 22.6 Å². The van der Waals surface area contributed by atoms with Crippen LogP contribution >= 0.6 is 0 Å². The highest BCUT2D eigenvalue weighted by Crippen LogP contribution is 2.31. The lowest BCUT2D eigenvalue weighted by Crippen LogP contribution is -2.08. The fourth-order valence-electron chi connectivity index (χ4n) is 1.81. The molecule has 1 heterocycles. The molecule has 0 amide bonds. The smallest absolute Gasteiger partial charge is 0.148 e. The normalized spacial score (nSPS) is 12.3. The summed E-state index contributed by atoms with van der Waals surface area (Å²) in [6.07, 6.45) is 1.70. The maximum absolute atomic E-state index is 13.6. The van der Waals surface area contributed by atoms with Gasteiger partial charge >= 0.3 is 0 Å². The lowest BCUT2D eigenvalue weighted by atomic mass is 10.0. The molecule has 4 heteroatoms. The summed E-state index contributed by atoms with van der Waals surface area (Å²) in [4.78, 5) is 4.16. The van der Waals surface area contributed by atoms with Crippen molar-refractivity contribution in [2.45, 2.75) is 26.8 Å². The van der Waals surface area contributed by atoms with Crippen LogP contribution in [0.1, 0.15) is 29.8 Å². The molecule has 1 atom stereocenters. The van der Waals surface area contributed by atoms with Crippen molar-refractivity contribution < 1.29 is 9.13 Å². The summed E-state index contributed by atoms with van der Waals surface area (Å²) in [6, 6.07) is 6.42. The summed E-state index contributed by atoms with van der Waals surface area (Å²) < 4.78 is 19.4.